The molecule has 594 valence electrons. The Morgan fingerprint density at radius 2 is 1.32 bits per heavy atom. The Morgan fingerprint density at radius 1 is 0.771 bits per heavy atom. The highest BCUT2D eigenvalue weighted by atomic mass is 31.2. The number of alkyl carbamates (subject to hydrolysis) is 2. The number of benzene rings is 3. The number of amides is 5. The average molecular weight is 1570 g/mol. The number of carboxylic acid groups (broad SMARTS) is 1. The highest BCUT2D eigenvalue weighted by Gasteiger charge is 2.58. The van der Waals surface area contributed by atoms with Crippen LogP contribution in [0.3, 0.4) is 0 Å². The molecule has 3 aromatic carbocycles. The fraction of sp³-hybridized carbons (Fsp3) is 0.514. The molecule has 3 aliphatic rings. The molecule has 5 aromatic rings. The summed E-state index contributed by atoms with van der Waals surface area (Å²) in [5, 5.41) is 19.8. The summed E-state index contributed by atoms with van der Waals surface area (Å²) in [6, 6.07) is 2.19. The van der Waals surface area contributed by atoms with E-state index < -0.39 is 182 Å². The van der Waals surface area contributed by atoms with Gasteiger partial charge < -0.3 is 54.3 Å². The van der Waals surface area contributed by atoms with E-state index in [1.807, 2.05) is 5.32 Å². The Labute approximate surface area is 619 Å². The van der Waals surface area contributed by atoms with Crippen molar-refractivity contribution in [1.82, 2.24) is 55.9 Å². The molecule has 5 heterocycles. The summed E-state index contributed by atoms with van der Waals surface area (Å²) in [6.45, 7) is 3.88. The number of hydrazine groups is 1. The summed E-state index contributed by atoms with van der Waals surface area (Å²) in [7, 11) is -2.98. The number of anilines is 1. The second-order valence-corrected chi connectivity index (χ2v) is 29.6. The molecule has 5 amide bonds. The molecule has 7 atom stereocenters. The van der Waals surface area contributed by atoms with Crippen molar-refractivity contribution in [3.63, 3.8) is 0 Å². The molecule has 3 saturated heterocycles. The Morgan fingerprint density at radius 3 is 1.82 bits per heavy atom. The zero-order valence-electron chi connectivity index (χ0n) is 60.9. The lowest BCUT2D eigenvalue weighted by Gasteiger charge is -2.47. The molecule has 2 aromatic heterocycles. The van der Waals surface area contributed by atoms with E-state index in [1.165, 1.54) is 70.4 Å². The number of methoxy groups -OCH3 is 2. The lowest BCUT2D eigenvalue weighted by atomic mass is 9.77. The number of piperazine rings is 1. The van der Waals surface area contributed by atoms with Gasteiger partial charge in [-0.3, -0.25) is 39.3 Å². The summed E-state index contributed by atoms with van der Waals surface area (Å²) in [6.07, 6.45) is -13.0. The van der Waals surface area contributed by atoms with Crippen molar-refractivity contribution in [3.8, 4) is 28.8 Å². The van der Waals surface area contributed by atoms with Gasteiger partial charge >= 0.3 is 50.8 Å². The molecule has 0 aliphatic carbocycles. The van der Waals surface area contributed by atoms with Gasteiger partial charge in [-0.25, -0.2) is 47.4 Å². The number of ether oxygens (including phenoxy) is 4. The fourth-order valence-corrected chi connectivity index (χ4v) is 13.3. The third-order valence-electron chi connectivity index (χ3n) is 19.4. The van der Waals surface area contributed by atoms with E-state index in [-0.39, 0.29) is 26.9 Å². The smallest absolute Gasteiger partial charge is 0.480 e. The number of fused-ring (bicyclic) bond motifs is 2. The molecule has 0 radical (unpaired) electrons. The maximum atomic E-state index is 16.9. The molecule has 2 unspecified atom stereocenters. The summed E-state index contributed by atoms with van der Waals surface area (Å²) in [5.41, 5.74) is -7.91. The number of aromatic nitrogens is 4. The minimum Gasteiger partial charge on any atom is -0.480 e. The number of halogens is 10. The Hall–Kier alpha value is -9.67. The van der Waals surface area contributed by atoms with Gasteiger partial charge in [-0.05, 0) is 114 Å². The predicted octanol–water partition coefficient (Wildman–Crippen LogP) is 8.19. The van der Waals surface area contributed by atoms with Gasteiger partial charge in [-0.15, -0.1) is 0 Å². The number of likely N-dealkylation sites (N-methyl/N-ethyl adjacent to an activating group) is 1. The summed E-state index contributed by atoms with van der Waals surface area (Å²) in [4.78, 5) is 132. The van der Waals surface area contributed by atoms with Gasteiger partial charge in [0.25, 0.3) is 5.91 Å². The highest BCUT2D eigenvalue weighted by molar-refractivity contribution is 7.46. The zero-order chi connectivity index (χ0) is 80.8. The highest BCUT2D eigenvalue weighted by Crippen LogP contribution is 2.47. The molecule has 3 fully saturated rings. The number of rotatable bonds is 29. The van der Waals surface area contributed by atoms with E-state index in [0.29, 0.717) is 106 Å². The molecular formula is C70H83F10N12O16P. The van der Waals surface area contributed by atoms with E-state index in [2.05, 4.69) is 56.9 Å². The minimum absolute atomic E-state index is 0.0820. The van der Waals surface area contributed by atoms with Crippen molar-refractivity contribution >= 4 is 55.6 Å². The number of nitrogens with zero attached hydrogens (tertiary/aromatic N) is 8. The second-order valence-electron chi connectivity index (χ2n) is 28.4. The molecule has 39 heteroatoms. The van der Waals surface area contributed by atoms with Crippen molar-refractivity contribution in [2.24, 2.45) is 10.8 Å². The first kappa shape index (κ1) is 84.9. The van der Waals surface area contributed by atoms with Crippen LogP contribution in [0.5, 0.6) is 5.75 Å². The molecule has 7 N–H and O–H groups in total. The van der Waals surface area contributed by atoms with Gasteiger partial charge in [0.2, 0.25) is 17.8 Å². The first-order valence-electron chi connectivity index (χ1n) is 33.8. The lowest BCUT2D eigenvalue weighted by Crippen LogP contribution is -2.64. The van der Waals surface area contributed by atoms with Crippen LogP contribution in [0, 0.1) is 41.2 Å². The molecule has 0 spiro atoms. The Kier molecular flexibility index (Phi) is 26.6. The number of nitrogens with one attached hydrogen (secondary N) is 4. The van der Waals surface area contributed by atoms with Crippen molar-refractivity contribution in [2.75, 3.05) is 59.0 Å². The van der Waals surface area contributed by atoms with Crippen LogP contribution < -0.4 is 30.8 Å². The number of aryl methyl sites for hydroxylation is 1. The number of alkyl halides is 8. The Bertz CT molecular complexity index is 4250. The number of hydrogen-bond donors (Lipinski definition) is 7. The topological polar surface area (TPSA) is 348 Å². The standard InChI is InChI=1S/C70H83F10N12O16P/c1-37-22-43(27-54(93)88(9)38(2)61(97)98)56(52(23-37)108-109(101,102)103)66(3,4)28-55(94)107-53(34-90(87-60(96)58(85-65(100)105-11)68(7,8)70(78,79)80)33-47-48(71)25-42(26-49(47)72)50-20-21-91(86-50)62(73)74)51(83-59(95)57(84-64(99)104-10)67(5,6)69(75,76)77)24-40-15-12-39(13-16-40)14-17-41-29-81-63(82-30-41)89-31-44-18-19-45(32-89)92(44)46-35-106-36-46/h12-13,15-16,20-23,25-26,29-30,38,44-46,51,53,57-58,62H,18-19,24,27-28,31-36H2,1-11H3,(H,83,95)(H,84,99)(H,85,100)(H,87,96)(H,97,98)(H2,101,102,103)/t38-,44?,45?,51-,53-,57+,58+/m0/s1. The maximum Gasteiger partial charge on any atom is 0.524 e. The number of phosphoric acid groups is 1. The van der Waals surface area contributed by atoms with Gasteiger partial charge in [0.15, 0.2) is 0 Å². The van der Waals surface area contributed by atoms with Crippen LogP contribution in [0.25, 0.3) is 11.3 Å². The van der Waals surface area contributed by atoms with Gasteiger partial charge in [0, 0.05) is 85.0 Å². The molecule has 0 saturated carbocycles. The van der Waals surface area contributed by atoms with Crippen LogP contribution in [0.15, 0.2) is 73.2 Å². The van der Waals surface area contributed by atoms with Crippen LogP contribution in [0.1, 0.15) is 113 Å². The minimum atomic E-state index is -5.59. The van der Waals surface area contributed by atoms with Crippen LogP contribution >= 0.6 is 7.82 Å². The van der Waals surface area contributed by atoms with Crippen molar-refractivity contribution in [1.29, 1.82) is 0 Å². The van der Waals surface area contributed by atoms with Crippen LogP contribution in [-0.2, 0) is 72.3 Å². The number of aliphatic carboxylic acids is 1. The number of carbonyl (C=O) groups excluding carboxylic acids is 6. The normalized spacial score (nSPS) is 17.2. The lowest BCUT2D eigenvalue weighted by molar-refractivity contribution is -0.221. The van der Waals surface area contributed by atoms with E-state index in [0.717, 1.165) is 57.3 Å². The van der Waals surface area contributed by atoms with Gasteiger partial charge in [0.05, 0.1) is 81.0 Å². The van der Waals surface area contributed by atoms with Crippen molar-refractivity contribution in [3.05, 3.63) is 124 Å². The number of carboxylic acids is 1. The van der Waals surface area contributed by atoms with Crippen LogP contribution in [-0.4, -0.2) is 206 Å². The molecule has 109 heavy (non-hydrogen) atoms. The van der Waals surface area contributed by atoms with E-state index in [9.17, 15) is 52.2 Å². The molecule has 3 aliphatic heterocycles. The summed E-state index contributed by atoms with van der Waals surface area (Å²) < 4.78 is 191. The first-order valence-corrected chi connectivity index (χ1v) is 35.3. The number of esters is 1. The van der Waals surface area contributed by atoms with Gasteiger partial charge in [-0.2, -0.15) is 40.2 Å². The number of carbonyl (C=O) groups is 7. The zero-order valence-corrected chi connectivity index (χ0v) is 61.8. The molecule has 2 bridgehead atoms. The third-order valence-corrected chi connectivity index (χ3v) is 19.8. The van der Waals surface area contributed by atoms with Gasteiger partial charge in [-0.1, -0.05) is 43.9 Å². The predicted molar refractivity (Wildman–Crippen MR) is 366 cm³/mol. The fourth-order valence-electron chi connectivity index (χ4n) is 12.9. The number of hydrogen-bond acceptors (Lipinski definition) is 19. The number of phosphoric ester groups is 1. The monoisotopic (exact) mass is 1570 g/mol. The maximum absolute atomic E-state index is 16.9. The van der Waals surface area contributed by atoms with E-state index >= 15 is 44.7 Å². The molecular weight excluding hydrogens is 1490 g/mol. The third kappa shape index (κ3) is 20.8. The largest absolute Gasteiger partial charge is 0.524 e. The van der Waals surface area contributed by atoms with Crippen molar-refractivity contribution in [2.45, 2.75) is 167 Å². The quantitative estimate of drug-likeness (QED) is 0.00592. The van der Waals surface area contributed by atoms with E-state index in [4.69, 9.17) is 14.0 Å². The first-order chi connectivity index (χ1) is 50.7. The van der Waals surface area contributed by atoms with Crippen LogP contribution in [0.4, 0.5) is 59.4 Å². The summed E-state index contributed by atoms with van der Waals surface area (Å²) in [5.74, 6) is -4.75. The van der Waals surface area contributed by atoms with Gasteiger partial charge in [0.1, 0.15) is 41.6 Å². The molecule has 28 nitrogen and oxygen atoms in total. The van der Waals surface area contributed by atoms with Crippen LogP contribution in [0.2, 0.25) is 0 Å². The average Bonchev–Trinajstić information content (AvgIpc) is 1.66. The Balaban J connectivity index is 1.28. The SMILES string of the molecule is COC(=O)N[C@H](C(=O)N[C@@H](Cc1ccc(C#Cc2cnc(N3CC4CCC(C3)N4C3COC3)nc2)cc1)[C@H](CN(Cc1c(F)cc(-c2ccn(C(F)F)n2)cc1F)NC(=O)[C@@H](NC(=O)OC)C(C)(C)C(F)(F)F)OC(=O)CC(C)(C)c1c(CC(=O)N(C)[C@@H](C)C(=O)O)cc(C)cc1OP(=O)(O)O)C(C)(C)C(F)(F)F. The molecule has 8 rings (SSSR count). The second kappa shape index (κ2) is 34.1. The summed E-state index contributed by atoms with van der Waals surface area (Å²) >= 11 is 0. The van der Waals surface area contributed by atoms with E-state index in [1.54, 1.807) is 5.32 Å². The van der Waals surface area contributed by atoms with Crippen molar-refractivity contribution < 1.29 is 120 Å².